The number of hydrogen-bond donors (Lipinski definition) is 1. The molecular weight excluding hydrogens is 373 g/mol. The average molecular weight is 392 g/mol. The molecule has 28 heavy (non-hydrogen) atoms. The maximum absolute atomic E-state index is 13.7. The minimum atomic E-state index is -0.419. The van der Waals surface area contributed by atoms with Gasteiger partial charge < -0.3 is 5.73 Å². The Labute approximate surface area is 168 Å². The van der Waals surface area contributed by atoms with Crippen LogP contribution in [0.25, 0.3) is 22.0 Å². The summed E-state index contributed by atoms with van der Waals surface area (Å²) in [7, 11) is 0. The molecule has 0 spiro atoms. The van der Waals surface area contributed by atoms with Gasteiger partial charge >= 0.3 is 0 Å². The van der Waals surface area contributed by atoms with E-state index >= 15 is 0 Å². The molecule has 0 fully saturated rings. The van der Waals surface area contributed by atoms with Crippen molar-refractivity contribution in [1.29, 1.82) is 0 Å². The van der Waals surface area contributed by atoms with Gasteiger partial charge in [0.05, 0.1) is 10.5 Å². The van der Waals surface area contributed by atoms with E-state index < -0.39 is 5.82 Å². The minimum Gasteiger partial charge on any atom is -0.368 e. The summed E-state index contributed by atoms with van der Waals surface area (Å²) in [6.45, 7) is 2.11. The monoisotopic (exact) mass is 391 g/mol. The molecule has 4 rings (SSSR count). The maximum Gasteiger partial charge on any atom is 0.220 e. The molecule has 2 aromatic carbocycles. The third-order valence-corrected chi connectivity index (χ3v) is 5.19. The van der Waals surface area contributed by atoms with Gasteiger partial charge in [-0.2, -0.15) is 0 Å². The van der Waals surface area contributed by atoms with Crippen LogP contribution in [0.5, 0.6) is 0 Å². The fourth-order valence-electron chi connectivity index (χ4n) is 3.50. The second-order valence-electron chi connectivity index (χ2n) is 6.83. The van der Waals surface area contributed by atoms with E-state index in [0.717, 1.165) is 46.0 Å². The highest BCUT2D eigenvalue weighted by molar-refractivity contribution is 6.31. The molecule has 140 valence electrons. The standard InChI is InChI=1S/C23H19ClFN3/c1-14-5-3-2-4-6-18(22(14)16-9-10-20(25)19(24)11-16)15-7-8-17-13-27-23(26)28-21(17)12-15/h2,4,6-13H,3,5H2,1H3,(H2,26,27,28). The lowest BCUT2D eigenvalue weighted by Crippen LogP contribution is -1.98. The zero-order valence-electron chi connectivity index (χ0n) is 15.4. The van der Waals surface area contributed by atoms with E-state index in [9.17, 15) is 4.39 Å². The quantitative estimate of drug-likeness (QED) is 0.564. The van der Waals surface area contributed by atoms with Crippen LogP contribution in [0.3, 0.4) is 0 Å². The fraction of sp³-hybridized carbons (Fsp3) is 0.130. The topological polar surface area (TPSA) is 51.8 Å². The normalized spacial score (nSPS) is 14.8. The second kappa shape index (κ2) is 7.56. The molecule has 1 aromatic heterocycles. The maximum atomic E-state index is 13.7. The first-order valence-electron chi connectivity index (χ1n) is 9.08. The summed E-state index contributed by atoms with van der Waals surface area (Å²) >= 11 is 6.08. The molecule has 2 N–H and O–H groups in total. The number of nitrogens with two attached hydrogens (primary N) is 1. The molecule has 0 aliphatic heterocycles. The lowest BCUT2D eigenvalue weighted by atomic mass is 9.86. The Morgan fingerprint density at radius 3 is 2.75 bits per heavy atom. The molecule has 1 aliphatic rings. The summed E-state index contributed by atoms with van der Waals surface area (Å²) in [5.74, 6) is -0.175. The molecular formula is C23H19ClFN3. The number of benzene rings is 2. The Morgan fingerprint density at radius 1 is 1.11 bits per heavy atom. The van der Waals surface area contributed by atoms with Gasteiger partial charge in [-0.1, -0.05) is 53.6 Å². The third kappa shape index (κ3) is 3.56. The van der Waals surface area contributed by atoms with E-state index in [0.29, 0.717) is 0 Å². The van der Waals surface area contributed by atoms with Gasteiger partial charge in [0.25, 0.3) is 0 Å². The Morgan fingerprint density at radius 2 is 1.93 bits per heavy atom. The highest BCUT2D eigenvalue weighted by atomic mass is 35.5. The smallest absolute Gasteiger partial charge is 0.220 e. The van der Waals surface area contributed by atoms with Gasteiger partial charge in [-0.25, -0.2) is 14.4 Å². The van der Waals surface area contributed by atoms with Gasteiger partial charge in [0, 0.05) is 11.6 Å². The number of nitrogen functional groups attached to an aromatic ring is 1. The molecule has 3 aromatic rings. The summed E-state index contributed by atoms with van der Waals surface area (Å²) in [5, 5.41) is 1.04. The highest BCUT2D eigenvalue weighted by Gasteiger charge is 2.16. The minimum absolute atomic E-state index is 0.119. The molecule has 5 heteroatoms. The third-order valence-electron chi connectivity index (χ3n) is 4.90. The Kier molecular flexibility index (Phi) is 4.97. The molecule has 0 radical (unpaired) electrons. The fourth-order valence-corrected chi connectivity index (χ4v) is 3.68. The number of halogens is 2. The first-order chi connectivity index (χ1) is 13.5. The van der Waals surface area contributed by atoms with Crippen LogP contribution >= 0.6 is 11.6 Å². The molecule has 3 nitrogen and oxygen atoms in total. The van der Waals surface area contributed by atoms with Gasteiger partial charge in [-0.05, 0) is 60.2 Å². The van der Waals surface area contributed by atoms with Crippen LogP contribution in [0.2, 0.25) is 5.02 Å². The van der Waals surface area contributed by atoms with Crippen molar-refractivity contribution in [1.82, 2.24) is 9.97 Å². The molecule has 0 atom stereocenters. The summed E-state index contributed by atoms with van der Waals surface area (Å²) in [6.07, 6.45) is 9.89. The predicted molar refractivity (Wildman–Crippen MR) is 114 cm³/mol. The number of nitrogens with zero attached hydrogens (tertiary/aromatic N) is 2. The zero-order valence-corrected chi connectivity index (χ0v) is 16.2. The highest BCUT2D eigenvalue weighted by Crippen LogP contribution is 2.38. The van der Waals surface area contributed by atoms with Crippen LogP contribution in [0.1, 0.15) is 30.9 Å². The van der Waals surface area contributed by atoms with Crippen LogP contribution in [0.15, 0.2) is 66.4 Å². The molecule has 0 unspecified atom stereocenters. The van der Waals surface area contributed by atoms with Crippen LogP contribution in [-0.2, 0) is 0 Å². The first-order valence-corrected chi connectivity index (χ1v) is 9.46. The summed E-state index contributed by atoms with van der Waals surface area (Å²) < 4.78 is 13.7. The van der Waals surface area contributed by atoms with E-state index in [1.54, 1.807) is 18.3 Å². The van der Waals surface area contributed by atoms with E-state index in [1.165, 1.54) is 11.6 Å². The van der Waals surface area contributed by atoms with Crippen molar-refractivity contribution in [2.45, 2.75) is 19.8 Å². The molecule has 0 saturated heterocycles. The van der Waals surface area contributed by atoms with E-state index in [1.807, 2.05) is 18.2 Å². The lowest BCUT2D eigenvalue weighted by Gasteiger charge is -2.19. The van der Waals surface area contributed by atoms with E-state index in [2.05, 4.69) is 35.1 Å². The van der Waals surface area contributed by atoms with E-state index in [4.69, 9.17) is 17.3 Å². The van der Waals surface area contributed by atoms with E-state index in [-0.39, 0.29) is 11.0 Å². The van der Waals surface area contributed by atoms with Crippen molar-refractivity contribution >= 4 is 39.6 Å². The number of rotatable bonds is 2. The van der Waals surface area contributed by atoms with Crippen molar-refractivity contribution in [3.8, 4) is 0 Å². The predicted octanol–water partition coefficient (Wildman–Crippen LogP) is 6.21. The van der Waals surface area contributed by atoms with Crippen molar-refractivity contribution < 1.29 is 4.39 Å². The van der Waals surface area contributed by atoms with Crippen molar-refractivity contribution in [2.75, 3.05) is 5.73 Å². The van der Waals surface area contributed by atoms with Crippen molar-refractivity contribution in [2.24, 2.45) is 0 Å². The molecule has 0 bridgehead atoms. The number of fused-ring (bicyclic) bond motifs is 1. The summed E-state index contributed by atoms with van der Waals surface area (Å²) in [5.41, 5.74) is 11.8. The number of hydrogen-bond acceptors (Lipinski definition) is 3. The average Bonchev–Trinajstić information content (AvgIpc) is 2.67. The van der Waals surface area contributed by atoms with Crippen molar-refractivity contribution in [3.63, 3.8) is 0 Å². The molecule has 1 aliphatic carbocycles. The lowest BCUT2D eigenvalue weighted by molar-refractivity contribution is 0.628. The number of allylic oxidation sites excluding steroid dienone is 6. The van der Waals surface area contributed by atoms with Crippen molar-refractivity contribution in [3.05, 3.63) is 88.4 Å². The SMILES string of the molecule is CC1=C(c2ccc(F)c(Cl)c2)C(c2ccc3cnc(N)nc3c2)=CC=CCC1. The van der Waals surface area contributed by atoms with Gasteiger partial charge in [-0.3, -0.25) is 0 Å². The zero-order chi connectivity index (χ0) is 19.7. The Balaban J connectivity index is 1.92. The largest absolute Gasteiger partial charge is 0.368 e. The Bertz CT molecular complexity index is 1160. The van der Waals surface area contributed by atoms with Crippen LogP contribution < -0.4 is 5.73 Å². The summed E-state index contributed by atoms with van der Waals surface area (Å²) in [4.78, 5) is 8.40. The molecule has 0 saturated carbocycles. The second-order valence-corrected chi connectivity index (χ2v) is 7.24. The van der Waals surface area contributed by atoms with Gasteiger partial charge in [0.15, 0.2) is 0 Å². The summed E-state index contributed by atoms with van der Waals surface area (Å²) in [6, 6.07) is 10.9. The molecule has 1 heterocycles. The van der Waals surface area contributed by atoms with Crippen LogP contribution in [0, 0.1) is 5.82 Å². The van der Waals surface area contributed by atoms with Gasteiger partial charge in [0.2, 0.25) is 5.95 Å². The van der Waals surface area contributed by atoms with Gasteiger partial charge in [0.1, 0.15) is 5.82 Å². The first kappa shape index (κ1) is 18.4. The van der Waals surface area contributed by atoms with Crippen LogP contribution in [0.4, 0.5) is 10.3 Å². The van der Waals surface area contributed by atoms with Gasteiger partial charge in [-0.15, -0.1) is 0 Å². The molecule has 0 amide bonds. The number of anilines is 1. The van der Waals surface area contributed by atoms with Crippen LogP contribution in [-0.4, -0.2) is 9.97 Å². The number of aromatic nitrogens is 2. The Hall–Kier alpha value is -2.98.